The summed E-state index contributed by atoms with van der Waals surface area (Å²) in [4.78, 5) is 24.5. The molecular formula is C20H25N3O4. The smallest absolute Gasteiger partial charge is 0.253 e. The number of nitrogens with two attached hydrogens (primary N) is 1. The van der Waals surface area contributed by atoms with Crippen LogP contribution < -0.4 is 26.6 Å². The fraction of sp³-hybridized carbons (Fsp3) is 0.400. The van der Waals surface area contributed by atoms with Crippen LogP contribution in [-0.2, 0) is 6.54 Å². The number of nitrogen functional groups attached to an aromatic ring is 1. The van der Waals surface area contributed by atoms with Crippen molar-refractivity contribution in [3.05, 3.63) is 62.4 Å². The Kier molecular flexibility index (Phi) is 6.26. The van der Waals surface area contributed by atoms with E-state index in [2.05, 4.69) is 16.3 Å². The Balaban J connectivity index is 1.42. The molecule has 1 unspecified atom stereocenters. The zero-order chi connectivity index (χ0) is 19.2. The van der Waals surface area contributed by atoms with E-state index in [1.54, 1.807) is 0 Å². The maximum absolute atomic E-state index is 11.3. The van der Waals surface area contributed by atoms with Gasteiger partial charge in [0.2, 0.25) is 0 Å². The summed E-state index contributed by atoms with van der Waals surface area (Å²) >= 11 is 0. The summed E-state index contributed by atoms with van der Waals surface area (Å²) in [6.07, 6.45) is 5.34. The zero-order valence-corrected chi connectivity index (χ0v) is 15.2. The molecule has 0 spiro atoms. The third-order valence-electron chi connectivity index (χ3n) is 4.64. The number of likely N-dealkylation sites (tertiary alicyclic amines) is 1. The Bertz CT molecular complexity index is 870. The van der Waals surface area contributed by atoms with Crippen molar-refractivity contribution in [1.82, 2.24) is 4.90 Å². The summed E-state index contributed by atoms with van der Waals surface area (Å²) in [5.74, 6) is 0.786. The molecular weight excluding hydrogens is 346 g/mol. The Morgan fingerprint density at radius 3 is 2.93 bits per heavy atom. The third kappa shape index (κ3) is 4.96. The van der Waals surface area contributed by atoms with Crippen LogP contribution >= 0.6 is 0 Å². The number of β-amino-alcohol motifs (C(OH)–C–C–N with tert-alkyl or cyclic N) is 1. The first-order chi connectivity index (χ1) is 13.0. The number of nitrogens with one attached hydrogen (secondary N) is 1. The van der Waals surface area contributed by atoms with Gasteiger partial charge in [-0.1, -0.05) is 18.2 Å². The van der Waals surface area contributed by atoms with E-state index in [0.29, 0.717) is 13.2 Å². The summed E-state index contributed by atoms with van der Waals surface area (Å²) in [6.45, 7) is 3.32. The molecule has 144 valence electrons. The van der Waals surface area contributed by atoms with E-state index < -0.39 is 10.9 Å². The lowest BCUT2D eigenvalue weighted by atomic mass is 10.1. The zero-order valence-electron chi connectivity index (χ0n) is 15.2. The van der Waals surface area contributed by atoms with Gasteiger partial charge in [-0.15, -0.1) is 0 Å². The lowest BCUT2D eigenvalue weighted by molar-refractivity contribution is 0.0668. The van der Waals surface area contributed by atoms with E-state index in [0.717, 1.165) is 43.8 Å². The van der Waals surface area contributed by atoms with Gasteiger partial charge in [-0.2, -0.15) is 0 Å². The van der Waals surface area contributed by atoms with Gasteiger partial charge in [-0.25, -0.2) is 0 Å². The molecule has 1 fully saturated rings. The number of piperidine rings is 1. The molecule has 3 rings (SSSR count). The van der Waals surface area contributed by atoms with Crippen LogP contribution in [0.2, 0.25) is 0 Å². The summed E-state index contributed by atoms with van der Waals surface area (Å²) < 4.78 is 5.72. The monoisotopic (exact) mass is 371 g/mol. The number of rotatable bonds is 8. The molecule has 2 aromatic carbocycles. The first-order valence-electron chi connectivity index (χ1n) is 9.14. The van der Waals surface area contributed by atoms with Crippen LogP contribution in [0.15, 0.2) is 46.0 Å². The first kappa shape index (κ1) is 19.1. The van der Waals surface area contributed by atoms with E-state index in [-0.39, 0.29) is 17.5 Å². The van der Waals surface area contributed by atoms with Crippen molar-refractivity contribution in [1.29, 1.82) is 0 Å². The number of hydrogen-bond acceptors (Lipinski definition) is 7. The summed E-state index contributed by atoms with van der Waals surface area (Å²) in [5.41, 5.74) is 5.61. The molecule has 1 aliphatic rings. The number of aliphatic hydroxyl groups excluding tert-OH is 1. The van der Waals surface area contributed by atoms with E-state index >= 15 is 0 Å². The van der Waals surface area contributed by atoms with Crippen molar-refractivity contribution in [3.63, 3.8) is 0 Å². The number of anilines is 2. The number of hydrogen-bond donors (Lipinski definition) is 3. The van der Waals surface area contributed by atoms with Crippen LogP contribution in [0, 0.1) is 0 Å². The Hall–Kier alpha value is -2.64. The highest BCUT2D eigenvalue weighted by molar-refractivity contribution is 5.71. The fourth-order valence-corrected chi connectivity index (χ4v) is 3.21. The molecule has 1 atom stereocenters. The maximum Gasteiger partial charge on any atom is 0.253 e. The molecule has 0 aromatic heterocycles. The van der Waals surface area contributed by atoms with Gasteiger partial charge in [0, 0.05) is 19.6 Å². The summed E-state index contributed by atoms with van der Waals surface area (Å²) in [5, 5.41) is 12.6. The fourth-order valence-electron chi connectivity index (χ4n) is 3.21. The van der Waals surface area contributed by atoms with Crippen molar-refractivity contribution in [3.8, 4) is 5.75 Å². The molecule has 0 saturated carbocycles. The summed E-state index contributed by atoms with van der Waals surface area (Å²) in [6, 6.07) is 7.94. The molecule has 27 heavy (non-hydrogen) atoms. The highest BCUT2D eigenvalue weighted by Crippen LogP contribution is 2.18. The van der Waals surface area contributed by atoms with Gasteiger partial charge in [0.05, 0.1) is 6.10 Å². The van der Waals surface area contributed by atoms with Crippen LogP contribution in [0.3, 0.4) is 0 Å². The van der Waals surface area contributed by atoms with Crippen LogP contribution in [0.4, 0.5) is 11.4 Å². The van der Waals surface area contributed by atoms with Crippen molar-refractivity contribution >= 4 is 11.4 Å². The third-order valence-corrected chi connectivity index (χ3v) is 4.64. The van der Waals surface area contributed by atoms with Gasteiger partial charge in [0.1, 0.15) is 23.7 Å². The van der Waals surface area contributed by atoms with E-state index in [1.165, 1.54) is 0 Å². The van der Waals surface area contributed by atoms with Gasteiger partial charge in [0.25, 0.3) is 10.9 Å². The predicted molar refractivity (Wildman–Crippen MR) is 106 cm³/mol. The molecule has 1 heterocycles. The molecule has 0 radical (unpaired) electrons. The quantitative estimate of drug-likeness (QED) is 0.467. The highest BCUT2D eigenvalue weighted by atomic mass is 16.5. The summed E-state index contributed by atoms with van der Waals surface area (Å²) in [7, 11) is 0. The number of nitrogens with zero attached hydrogens (tertiary/aromatic N) is 1. The van der Waals surface area contributed by atoms with Gasteiger partial charge >= 0.3 is 0 Å². The molecule has 7 nitrogen and oxygen atoms in total. The van der Waals surface area contributed by atoms with Crippen LogP contribution in [0.1, 0.15) is 18.4 Å². The Morgan fingerprint density at radius 2 is 2.15 bits per heavy atom. The van der Waals surface area contributed by atoms with Gasteiger partial charge < -0.3 is 20.9 Å². The van der Waals surface area contributed by atoms with Crippen molar-refractivity contribution in [2.75, 3.05) is 37.3 Å². The second-order valence-corrected chi connectivity index (χ2v) is 6.79. The lowest BCUT2D eigenvalue weighted by Crippen LogP contribution is -2.37. The maximum atomic E-state index is 11.3. The topological polar surface area (TPSA) is 105 Å². The standard InChI is InChI=1S/C20H25N3O4/c21-17-18(20(26)19(17)25)22-8-1-2-10-27-16-7-3-5-14(11-16)12-23-9-4-6-15(24)13-23/h1-3,5,7,11,15,22,24H,4,6,8-10,12-13,21H2. The molecule has 1 saturated heterocycles. The van der Waals surface area contributed by atoms with Gasteiger partial charge in [-0.05, 0) is 43.2 Å². The van der Waals surface area contributed by atoms with Crippen molar-refractivity contribution < 1.29 is 9.84 Å². The van der Waals surface area contributed by atoms with Crippen molar-refractivity contribution in [2.45, 2.75) is 25.5 Å². The second-order valence-electron chi connectivity index (χ2n) is 6.79. The largest absolute Gasteiger partial charge is 0.490 e. The van der Waals surface area contributed by atoms with Gasteiger partial charge in [-0.3, -0.25) is 14.5 Å². The molecule has 7 heteroatoms. The van der Waals surface area contributed by atoms with Crippen LogP contribution in [-0.4, -0.2) is 42.4 Å². The molecule has 2 aromatic rings. The molecule has 1 aliphatic heterocycles. The Labute approximate surface area is 157 Å². The second kappa shape index (κ2) is 8.83. The number of aliphatic hydroxyl groups is 1. The number of ether oxygens (including phenoxy) is 1. The van der Waals surface area contributed by atoms with Crippen molar-refractivity contribution in [2.24, 2.45) is 0 Å². The Morgan fingerprint density at radius 1 is 1.30 bits per heavy atom. The minimum Gasteiger partial charge on any atom is -0.490 e. The van der Waals surface area contributed by atoms with Crippen LogP contribution in [0.5, 0.6) is 5.75 Å². The van der Waals surface area contributed by atoms with E-state index in [4.69, 9.17) is 10.5 Å². The minimum absolute atomic E-state index is 0.00249. The number of benzene rings is 1. The molecule has 0 amide bonds. The molecule has 0 bridgehead atoms. The average molecular weight is 371 g/mol. The first-order valence-corrected chi connectivity index (χ1v) is 9.14. The minimum atomic E-state index is -0.622. The molecule has 0 aliphatic carbocycles. The highest BCUT2D eigenvalue weighted by Gasteiger charge is 2.18. The lowest BCUT2D eigenvalue weighted by Gasteiger charge is -2.30. The van der Waals surface area contributed by atoms with E-state index in [1.807, 2.05) is 30.4 Å². The normalized spacial score (nSPS) is 18.2. The predicted octanol–water partition coefficient (Wildman–Crippen LogP) is 0.869. The average Bonchev–Trinajstić information content (AvgIpc) is 2.67. The van der Waals surface area contributed by atoms with E-state index in [9.17, 15) is 14.7 Å². The molecule has 4 N–H and O–H groups in total. The SMILES string of the molecule is Nc1c(NCC=CCOc2cccc(CN3CCCC(O)C3)c2)c(=O)c1=O. The van der Waals surface area contributed by atoms with Gasteiger partial charge in [0.15, 0.2) is 0 Å². The van der Waals surface area contributed by atoms with Crippen LogP contribution in [0.25, 0.3) is 0 Å².